The van der Waals surface area contributed by atoms with Gasteiger partial charge in [-0.05, 0) is 31.2 Å². The second kappa shape index (κ2) is 9.26. The maximum absolute atomic E-state index is 9.88. The van der Waals surface area contributed by atoms with Gasteiger partial charge < -0.3 is 25.2 Å². The number of aryl methyl sites for hydroxylation is 1. The highest BCUT2D eigenvalue weighted by molar-refractivity contribution is 5.84. The molecule has 0 spiro atoms. The zero-order valence-electron chi connectivity index (χ0n) is 17.0. The minimum absolute atomic E-state index is 0.0259. The lowest BCUT2D eigenvalue weighted by Crippen LogP contribution is -2.37. The highest BCUT2D eigenvalue weighted by Gasteiger charge is 2.16. The number of morpholine rings is 1. The number of hydrogen-bond acceptors (Lipinski definition) is 10. The van der Waals surface area contributed by atoms with Gasteiger partial charge in [-0.3, -0.25) is 0 Å². The van der Waals surface area contributed by atoms with Gasteiger partial charge in [0.05, 0.1) is 19.4 Å². The van der Waals surface area contributed by atoms with Crippen LogP contribution in [0.1, 0.15) is 11.1 Å². The number of nitrogens with one attached hydrogen (secondary N) is 2. The van der Waals surface area contributed by atoms with E-state index in [0.29, 0.717) is 43.8 Å². The molecule has 1 fully saturated rings. The second-order valence-corrected chi connectivity index (χ2v) is 6.99. The Morgan fingerprint density at radius 1 is 1.00 bits per heavy atom. The van der Waals surface area contributed by atoms with Gasteiger partial charge in [-0.25, -0.2) is 5.43 Å². The van der Waals surface area contributed by atoms with Gasteiger partial charge in [-0.1, -0.05) is 17.7 Å². The zero-order chi connectivity index (χ0) is 21.6. The van der Waals surface area contributed by atoms with Crippen LogP contribution in [0.25, 0.3) is 0 Å². The Balaban J connectivity index is 1.57. The first-order chi connectivity index (χ1) is 15.1. The van der Waals surface area contributed by atoms with E-state index in [1.165, 1.54) is 18.3 Å². The van der Waals surface area contributed by atoms with Crippen LogP contribution in [0.4, 0.5) is 23.5 Å². The van der Waals surface area contributed by atoms with Crippen molar-refractivity contribution in [3.63, 3.8) is 0 Å². The van der Waals surface area contributed by atoms with Gasteiger partial charge in [0.15, 0.2) is 0 Å². The monoisotopic (exact) mass is 421 g/mol. The van der Waals surface area contributed by atoms with Gasteiger partial charge in [0.25, 0.3) is 0 Å². The standard InChI is InChI=1S/C21H23N7O3/c1-14-2-5-16(6-3-14)23-19-24-20(26-21(25-19)28-8-10-31-11-9-28)27-22-13-15-4-7-17(29)12-18(15)30/h2-7,12-13,29-30H,8-11H2,1H3,(H2,23,24,25,26,27)/b22-13-. The van der Waals surface area contributed by atoms with Crippen LogP contribution in [0.5, 0.6) is 11.5 Å². The second-order valence-electron chi connectivity index (χ2n) is 6.99. The largest absolute Gasteiger partial charge is 0.508 e. The number of phenolic OH excluding ortho intramolecular Hbond substituents is 2. The fourth-order valence-corrected chi connectivity index (χ4v) is 2.94. The molecule has 0 radical (unpaired) electrons. The summed E-state index contributed by atoms with van der Waals surface area (Å²) >= 11 is 0. The van der Waals surface area contributed by atoms with Crippen LogP contribution in [0.15, 0.2) is 47.6 Å². The van der Waals surface area contributed by atoms with Crippen LogP contribution in [-0.2, 0) is 4.74 Å². The molecule has 0 saturated carbocycles. The molecule has 0 aliphatic carbocycles. The quantitative estimate of drug-likeness (QED) is 0.351. The summed E-state index contributed by atoms with van der Waals surface area (Å²) in [5, 5.41) is 26.6. The molecular formula is C21H23N7O3. The van der Waals surface area contributed by atoms with Crippen molar-refractivity contribution in [2.24, 2.45) is 5.10 Å². The third-order valence-corrected chi connectivity index (χ3v) is 4.61. The molecule has 4 rings (SSSR count). The van der Waals surface area contributed by atoms with E-state index in [1.807, 2.05) is 36.1 Å². The summed E-state index contributed by atoms with van der Waals surface area (Å²) in [6, 6.07) is 12.2. The van der Waals surface area contributed by atoms with Crippen molar-refractivity contribution in [3.8, 4) is 11.5 Å². The summed E-state index contributed by atoms with van der Waals surface area (Å²) in [4.78, 5) is 15.4. The Labute approximate surface area is 179 Å². The Morgan fingerprint density at radius 2 is 1.74 bits per heavy atom. The number of phenols is 2. The van der Waals surface area contributed by atoms with Crippen molar-refractivity contribution in [3.05, 3.63) is 53.6 Å². The Bertz CT molecular complexity index is 1070. The third kappa shape index (κ3) is 5.37. The van der Waals surface area contributed by atoms with Gasteiger partial charge in [-0.15, -0.1) is 0 Å². The minimum Gasteiger partial charge on any atom is -0.508 e. The Kier molecular flexibility index (Phi) is 6.08. The molecular weight excluding hydrogens is 398 g/mol. The average Bonchev–Trinajstić information content (AvgIpc) is 2.77. The van der Waals surface area contributed by atoms with Gasteiger partial charge in [0, 0.05) is 30.4 Å². The third-order valence-electron chi connectivity index (χ3n) is 4.61. The van der Waals surface area contributed by atoms with Crippen molar-refractivity contribution in [1.29, 1.82) is 0 Å². The lowest BCUT2D eigenvalue weighted by molar-refractivity contribution is 0.122. The number of hydrogen-bond donors (Lipinski definition) is 4. The number of anilines is 4. The van der Waals surface area contributed by atoms with Crippen LogP contribution in [0.2, 0.25) is 0 Å². The van der Waals surface area contributed by atoms with Crippen LogP contribution in [0.3, 0.4) is 0 Å². The molecule has 1 aliphatic heterocycles. The number of aromatic nitrogens is 3. The number of hydrazone groups is 1. The lowest BCUT2D eigenvalue weighted by Gasteiger charge is -2.27. The fraction of sp³-hybridized carbons (Fsp3) is 0.238. The predicted molar refractivity (Wildman–Crippen MR) is 118 cm³/mol. The number of rotatable bonds is 6. The van der Waals surface area contributed by atoms with Gasteiger partial charge in [-0.2, -0.15) is 20.1 Å². The van der Waals surface area contributed by atoms with E-state index in [9.17, 15) is 10.2 Å². The smallest absolute Gasteiger partial charge is 0.250 e. The lowest BCUT2D eigenvalue weighted by atomic mass is 10.2. The summed E-state index contributed by atoms with van der Waals surface area (Å²) in [5.41, 5.74) is 5.23. The summed E-state index contributed by atoms with van der Waals surface area (Å²) < 4.78 is 5.41. The first-order valence-corrected chi connectivity index (χ1v) is 9.80. The minimum atomic E-state index is -0.0862. The van der Waals surface area contributed by atoms with Crippen molar-refractivity contribution >= 4 is 29.7 Å². The van der Waals surface area contributed by atoms with Crippen molar-refractivity contribution < 1.29 is 14.9 Å². The average molecular weight is 421 g/mol. The Hall–Kier alpha value is -3.92. The molecule has 0 atom stereocenters. The molecule has 160 valence electrons. The van der Waals surface area contributed by atoms with Crippen molar-refractivity contribution in [2.75, 3.05) is 41.9 Å². The first kappa shape index (κ1) is 20.4. The zero-order valence-corrected chi connectivity index (χ0v) is 17.0. The highest BCUT2D eigenvalue weighted by atomic mass is 16.5. The van der Waals surface area contributed by atoms with E-state index in [4.69, 9.17) is 4.74 Å². The maximum atomic E-state index is 9.88. The first-order valence-electron chi connectivity index (χ1n) is 9.80. The molecule has 1 aliphatic rings. The van der Waals surface area contributed by atoms with Crippen molar-refractivity contribution in [1.82, 2.24) is 15.0 Å². The summed E-state index contributed by atoms with van der Waals surface area (Å²) in [7, 11) is 0. The molecule has 3 aromatic rings. The molecule has 4 N–H and O–H groups in total. The number of aromatic hydroxyl groups is 2. The summed E-state index contributed by atoms with van der Waals surface area (Å²) in [6.45, 7) is 4.59. The van der Waals surface area contributed by atoms with Crippen LogP contribution in [0, 0.1) is 6.92 Å². The summed E-state index contributed by atoms with van der Waals surface area (Å²) in [5.74, 6) is 1.03. The van der Waals surface area contributed by atoms with Crippen LogP contribution in [-0.4, -0.2) is 57.7 Å². The molecule has 2 aromatic carbocycles. The van der Waals surface area contributed by atoms with E-state index < -0.39 is 0 Å². The van der Waals surface area contributed by atoms with Crippen LogP contribution >= 0.6 is 0 Å². The predicted octanol–water partition coefficient (Wildman–Crippen LogP) is 2.62. The normalized spacial score (nSPS) is 14.0. The maximum Gasteiger partial charge on any atom is 0.250 e. The van der Waals surface area contributed by atoms with E-state index in [-0.39, 0.29) is 17.4 Å². The topological polar surface area (TPSA) is 128 Å². The summed E-state index contributed by atoms with van der Waals surface area (Å²) in [6.07, 6.45) is 1.42. The van der Waals surface area contributed by atoms with E-state index >= 15 is 0 Å². The van der Waals surface area contributed by atoms with E-state index in [2.05, 4.69) is 30.8 Å². The van der Waals surface area contributed by atoms with Gasteiger partial charge in [0.1, 0.15) is 11.5 Å². The van der Waals surface area contributed by atoms with Crippen molar-refractivity contribution in [2.45, 2.75) is 6.92 Å². The van der Waals surface area contributed by atoms with Crippen LogP contribution < -0.4 is 15.6 Å². The molecule has 10 heteroatoms. The number of benzene rings is 2. The Morgan fingerprint density at radius 3 is 2.48 bits per heavy atom. The molecule has 1 aromatic heterocycles. The SMILES string of the molecule is Cc1ccc(Nc2nc(N/N=C\c3ccc(O)cc3O)nc(N3CCOCC3)n2)cc1. The molecule has 0 bridgehead atoms. The molecule has 31 heavy (non-hydrogen) atoms. The molecule has 1 saturated heterocycles. The molecule has 10 nitrogen and oxygen atoms in total. The van der Waals surface area contributed by atoms with E-state index in [1.54, 1.807) is 6.07 Å². The fourth-order valence-electron chi connectivity index (χ4n) is 2.94. The molecule has 0 unspecified atom stereocenters. The van der Waals surface area contributed by atoms with Gasteiger partial charge >= 0.3 is 0 Å². The number of nitrogens with zero attached hydrogens (tertiary/aromatic N) is 5. The van der Waals surface area contributed by atoms with E-state index in [0.717, 1.165) is 11.3 Å². The molecule has 0 amide bonds. The number of ether oxygens (including phenoxy) is 1. The molecule has 2 heterocycles. The highest BCUT2D eigenvalue weighted by Crippen LogP contribution is 2.21. The van der Waals surface area contributed by atoms with Gasteiger partial charge in [0.2, 0.25) is 17.8 Å².